The van der Waals surface area contributed by atoms with Crippen LogP contribution in [0, 0.1) is 5.92 Å². The van der Waals surface area contributed by atoms with Gasteiger partial charge >= 0.3 is 0 Å². The van der Waals surface area contributed by atoms with Crippen molar-refractivity contribution in [3.63, 3.8) is 0 Å². The zero-order valence-electron chi connectivity index (χ0n) is 8.69. The Morgan fingerprint density at radius 3 is 2.93 bits per heavy atom. The van der Waals surface area contributed by atoms with E-state index in [2.05, 4.69) is 12.0 Å². The quantitative estimate of drug-likeness (QED) is 0.797. The van der Waals surface area contributed by atoms with E-state index in [0.29, 0.717) is 0 Å². The van der Waals surface area contributed by atoms with Crippen molar-refractivity contribution >= 4 is 0 Å². The maximum atomic E-state index is 9.91. The number of aliphatic hydroxyl groups is 1. The average molecular weight is 194 g/mol. The molecule has 1 saturated carbocycles. The summed E-state index contributed by atoms with van der Waals surface area (Å²) < 4.78 is 1.86. The Morgan fingerprint density at radius 1 is 1.64 bits per heavy atom. The van der Waals surface area contributed by atoms with Crippen LogP contribution in [0.1, 0.15) is 44.3 Å². The van der Waals surface area contributed by atoms with Gasteiger partial charge in [-0.3, -0.25) is 4.68 Å². The molecule has 1 aromatic rings. The minimum atomic E-state index is -0.305. The second kappa shape index (κ2) is 4.13. The highest BCUT2D eigenvalue weighted by molar-refractivity contribution is 5.08. The normalized spacial score (nSPS) is 19.3. The van der Waals surface area contributed by atoms with Gasteiger partial charge in [-0.25, -0.2) is 0 Å². The molecule has 0 amide bonds. The van der Waals surface area contributed by atoms with Gasteiger partial charge in [-0.05, 0) is 19.3 Å². The van der Waals surface area contributed by atoms with Crippen molar-refractivity contribution in [1.29, 1.82) is 0 Å². The summed E-state index contributed by atoms with van der Waals surface area (Å²) in [6.07, 6.45) is 8.26. The first-order valence-corrected chi connectivity index (χ1v) is 5.50. The van der Waals surface area contributed by atoms with Crippen molar-refractivity contribution in [2.45, 2.75) is 45.3 Å². The van der Waals surface area contributed by atoms with Gasteiger partial charge in [0.25, 0.3) is 0 Å². The van der Waals surface area contributed by atoms with Crippen molar-refractivity contribution in [1.82, 2.24) is 9.78 Å². The van der Waals surface area contributed by atoms with Gasteiger partial charge in [0.15, 0.2) is 0 Å². The van der Waals surface area contributed by atoms with Crippen LogP contribution in [0.5, 0.6) is 0 Å². The molecule has 1 unspecified atom stereocenters. The molecule has 3 nitrogen and oxygen atoms in total. The van der Waals surface area contributed by atoms with Crippen LogP contribution >= 0.6 is 0 Å². The zero-order chi connectivity index (χ0) is 9.97. The third kappa shape index (κ3) is 1.98. The van der Waals surface area contributed by atoms with Crippen molar-refractivity contribution in [3.05, 3.63) is 18.0 Å². The molecular weight excluding hydrogens is 176 g/mol. The molecule has 1 fully saturated rings. The Kier molecular flexibility index (Phi) is 2.87. The van der Waals surface area contributed by atoms with E-state index in [0.717, 1.165) is 24.4 Å². The number of aryl methyl sites for hydroxylation is 1. The molecule has 0 spiro atoms. The van der Waals surface area contributed by atoms with Crippen molar-refractivity contribution in [2.75, 3.05) is 0 Å². The Hall–Kier alpha value is -0.830. The zero-order valence-corrected chi connectivity index (χ0v) is 8.69. The first-order chi connectivity index (χ1) is 6.79. The van der Waals surface area contributed by atoms with Gasteiger partial charge in [0.1, 0.15) is 0 Å². The van der Waals surface area contributed by atoms with Gasteiger partial charge < -0.3 is 5.11 Å². The second-order valence-electron chi connectivity index (χ2n) is 4.18. The molecular formula is C11H18N2O. The van der Waals surface area contributed by atoms with Crippen LogP contribution in [0.2, 0.25) is 0 Å². The minimum absolute atomic E-state index is 0.305. The van der Waals surface area contributed by atoms with Crippen LogP contribution in [-0.2, 0) is 6.54 Å². The Morgan fingerprint density at radius 2 is 2.43 bits per heavy atom. The summed E-state index contributed by atoms with van der Waals surface area (Å²) in [5, 5.41) is 14.1. The fourth-order valence-electron chi connectivity index (χ4n) is 1.90. The monoisotopic (exact) mass is 194 g/mol. The van der Waals surface area contributed by atoms with E-state index >= 15 is 0 Å². The van der Waals surface area contributed by atoms with E-state index in [-0.39, 0.29) is 6.10 Å². The average Bonchev–Trinajstić information content (AvgIpc) is 2.59. The molecule has 1 aromatic heterocycles. The van der Waals surface area contributed by atoms with Crippen LogP contribution in [0.4, 0.5) is 0 Å². The summed E-state index contributed by atoms with van der Waals surface area (Å²) in [5.41, 5.74) is 0.971. The number of nitrogens with zero attached hydrogens (tertiary/aromatic N) is 2. The van der Waals surface area contributed by atoms with Gasteiger partial charge in [0, 0.05) is 18.3 Å². The fourth-order valence-corrected chi connectivity index (χ4v) is 1.90. The number of hydrogen-bond donors (Lipinski definition) is 1. The molecule has 14 heavy (non-hydrogen) atoms. The van der Waals surface area contributed by atoms with Crippen LogP contribution in [0.3, 0.4) is 0 Å². The highest BCUT2D eigenvalue weighted by atomic mass is 16.3. The van der Waals surface area contributed by atoms with Crippen LogP contribution in [-0.4, -0.2) is 14.9 Å². The van der Waals surface area contributed by atoms with Gasteiger partial charge in [0.05, 0.1) is 12.3 Å². The van der Waals surface area contributed by atoms with Crippen molar-refractivity contribution in [3.8, 4) is 0 Å². The molecule has 0 aromatic carbocycles. The summed E-state index contributed by atoms with van der Waals surface area (Å²) in [7, 11) is 0. The SMILES string of the molecule is CCn1cc(C(O)CC2CCC2)cn1. The van der Waals surface area contributed by atoms with Crippen molar-refractivity contribution in [2.24, 2.45) is 5.92 Å². The molecule has 1 heterocycles. The topological polar surface area (TPSA) is 38.0 Å². The lowest BCUT2D eigenvalue weighted by Crippen LogP contribution is -2.14. The number of rotatable bonds is 4. The Balaban J connectivity index is 1.92. The third-order valence-electron chi connectivity index (χ3n) is 3.14. The van der Waals surface area contributed by atoms with E-state index in [4.69, 9.17) is 0 Å². The molecule has 0 saturated heterocycles. The maximum Gasteiger partial charge on any atom is 0.0823 e. The van der Waals surface area contributed by atoms with Crippen LogP contribution in [0.25, 0.3) is 0 Å². The molecule has 2 rings (SSSR count). The number of hydrogen-bond acceptors (Lipinski definition) is 2. The number of aliphatic hydroxyl groups excluding tert-OH is 1. The highest BCUT2D eigenvalue weighted by Crippen LogP contribution is 2.34. The third-order valence-corrected chi connectivity index (χ3v) is 3.14. The predicted octanol–water partition coefficient (Wildman–Crippen LogP) is 2.13. The molecule has 0 bridgehead atoms. The van der Waals surface area contributed by atoms with E-state index in [9.17, 15) is 5.11 Å². The lowest BCUT2D eigenvalue weighted by atomic mass is 9.81. The van der Waals surface area contributed by atoms with Gasteiger partial charge in [0.2, 0.25) is 0 Å². The van der Waals surface area contributed by atoms with Gasteiger partial charge in [-0.1, -0.05) is 19.3 Å². The summed E-state index contributed by atoms with van der Waals surface area (Å²) in [6.45, 7) is 2.92. The van der Waals surface area contributed by atoms with E-state index < -0.39 is 0 Å². The smallest absolute Gasteiger partial charge is 0.0823 e. The summed E-state index contributed by atoms with van der Waals surface area (Å²) in [6, 6.07) is 0. The lowest BCUT2D eigenvalue weighted by Gasteiger charge is -2.27. The minimum Gasteiger partial charge on any atom is -0.388 e. The molecule has 1 aliphatic carbocycles. The predicted molar refractivity (Wildman–Crippen MR) is 54.8 cm³/mol. The van der Waals surface area contributed by atoms with E-state index in [1.807, 2.05) is 10.9 Å². The molecule has 1 aliphatic rings. The summed E-state index contributed by atoms with van der Waals surface area (Å²) in [5.74, 6) is 0.745. The largest absolute Gasteiger partial charge is 0.388 e. The van der Waals surface area contributed by atoms with Crippen LogP contribution in [0.15, 0.2) is 12.4 Å². The second-order valence-corrected chi connectivity index (χ2v) is 4.18. The van der Waals surface area contributed by atoms with E-state index in [1.54, 1.807) is 6.20 Å². The summed E-state index contributed by atoms with van der Waals surface area (Å²) >= 11 is 0. The molecule has 78 valence electrons. The van der Waals surface area contributed by atoms with Gasteiger partial charge in [-0.15, -0.1) is 0 Å². The van der Waals surface area contributed by atoms with Crippen molar-refractivity contribution < 1.29 is 5.11 Å². The highest BCUT2D eigenvalue weighted by Gasteiger charge is 2.22. The van der Waals surface area contributed by atoms with Crippen LogP contribution < -0.4 is 0 Å². The molecule has 0 radical (unpaired) electrons. The standard InChI is InChI=1S/C11H18N2O/c1-2-13-8-10(7-12-13)11(14)6-9-4-3-5-9/h7-9,11,14H,2-6H2,1H3. The van der Waals surface area contributed by atoms with E-state index in [1.165, 1.54) is 19.3 Å². The first-order valence-electron chi connectivity index (χ1n) is 5.50. The first kappa shape index (κ1) is 9.71. The fraction of sp³-hybridized carbons (Fsp3) is 0.727. The lowest BCUT2D eigenvalue weighted by molar-refractivity contribution is 0.118. The Labute approximate surface area is 84.7 Å². The van der Waals surface area contributed by atoms with Gasteiger partial charge in [-0.2, -0.15) is 5.10 Å². The summed E-state index contributed by atoms with van der Waals surface area (Å²) in [4.78, 5) is 0. The maximum absolute atomic E-state index is 9.91. The Bertz CT molecular complexity index is 291. The molecule has 3 heteroatoms. The number of aromatic nitrogens is 2. The molecule has 1 N–H and O–H groups in total. The molecule has 0 aliphatic heterocycles. The molecule has 1 atom stereocenters.